The van der Waals surface area contributed by atoms with Crippen LogP contribution in [0, 0.1) is 20.8 Å². The van der Waals surface area contributed by atoms with Crippen LogP contribution in [0.4, 0.5) is 5.82 Å². The number of hydrogen-bond donors (Lipinski definition) is 1. The first-order chi connectivity index (χ1) is 8.11. The molecule has 88 valence electrons. The van der Waals surface area contributed by atoms with Crippen LogP contribution in [0.3, 0.4) is 0 Å². The van der Waals surface area contributed by atoms with Gasteiger partial charge in [-0.15, -0.1) is 0 Å². The Hall–Kier alpha value is -2.04. The number of nitrogens with zero attached hydrogens (tertiary/aromatic N) is 4. The van der Waals surface area contributed by atoms with Crippen LogP contribution in [-0.4, -0.2) is 27.0 Å². The molecule has 2 aromatic rings. The second-order valence-electron chi connectivity index (χ2n) is 3.94. The number of nitrogens with one attached hydrogen (secondary N) is 1. The minimum atomic E-state index is 0.551. The van der Waals surface area contributed by atoms with Gasteiger partial charge in [0.1, 0.15) is 5.82 Å². The Kier molecular flexibility index (Phi) is 2.99. The molecule has 2 heterocycles. The molecule has 0 aromatic carbocycles. The first-order valence-electron chi connectivity index (χ1n) is 5.44. The lowest BCUT2D eigenvalue weighted by atomic mass is 10.2. The average Bonchev–Trinajstić information content (AvgIpc) is 2.33. The van der Waals surface area contributed by atoms with Crippen molar-refractivity contribution in [2.45, 2.75) is 20.8 Å². The molecule has 5 nitrogen and oxygen atoms in total. The highest BCUT2D eigenvalue weighted by molar-refractivity contribution is 5.53. The Labute approximate surface area is 100 Å². The maximum absolute atomic E-state index is 4.41. The third kappa shape index (κ3) is 2.22. The fourth-order valence-corrected chi connectivity index (χ4v) is 1.48. The van der Waals surface area contributed by atoms with Crippen LogP contribution >= 0.6 is 0 Å². The lowest BCUT2D eigenvalue weighted by Crippen LogP contribution is -2.04. The largest absolute Gasteiger partial charge is 0.373 e. The van der Waals surface area contributed by atoms with Crippen molar-refractivity contribution in [3.8, 4) is 11.6 Å². The van der Waals surface area contributed by atoms with Crippen molar-refractivity contribution < 1.29 is 0 Å². The molecule has 0 radical (unpaired) electrons. The molecule has 0 aliphatic rings. The zero-order chi connectivity index (χ0) is 12.4. The highest BCUT2D eigenvalue weighted by atomic mass is 15.1. The number of anilines is 1. The molecule has 2 aromatic heterocycles. The van der Waals surface area contributed by atoms with Gasteiger partial charge in [-0.2, -0.15) is 0 Å². The second kappa shape index (κ2) is 4.45. The zero-order valence-electron chi connectivity index (χ0n) is 10.4. The summed E-state index contributed by atoms with van der Waals surface area (Å²) in [6.07, 6.45) is 3.53. The van der Waals surface area contributed by atoms with Gasteiger partial charge in [0, 0.05) is 30.7 Å². The summed E-state index contributed by atoms with van der Waals surface area (Å²) in [6, 6.07) is 0. The van der Waals surface area contributed by atoms with Crippen molar-refractivity contribution in [1.29, 1.82) is 0 Å². The van der Waals surface area contributed by atoms with E-state index in [-0.39, 0.29) is 0 Å². The Bertz CT molecular complexity index is 533. The lowest BCUT2D eigenvalue weighted by molar-refractivity contribution is 1.02. The molecule has 1 N–H and O–H groups in total. The maximum Gasteiger partial charge on any atom is 0.199 e. The van der Waals surface area contributed by atoms with Crippen LogP contribution in [0.2, 0.25) is 0 Å². The van der Waals surface area contributed by atoms with Gasteiger partial charge in [-0.3, -0.25) is 0 Å². The smallest absolute Gasteiger partial charge is 0.199 e. The van der Waals surface area contributed by atoms with E-state index >= 15 is 0 Å². The summed E-state index contributed by atoms with van der Waals surface area (Å²) in [5.41, 5.74) is 3.00. The van der Waals surface area contributed by atoms with Crippen LogP contribution in [0.5, 0.6) is 0 Å². The molecule has 5 heteroatoms. The molecule has 0 spiro atoms. The topological polar surface area (TPSA) is 63.6 Å². The van der Waals surface area contributed by atoms with Gasteiger partial charge < -0.3 is 5.32 Å². The van der Waals surface area contributed by atoms with Gasteiger partial charge in [-0.1, -0.05) is 0 Å². The minimum absolute atomic E-state index is 0.551. The predicted octanol–water partition coefficient (Wildman–Crippen LogP) is 1.90. The van der Waals surface area contributed by atoms with Crippen molar-refractivity contribution in [2.24, 2.45) is 0 Å². The summed E-state index contributed by atoms with van der Waals surface area (Å²) in [7, 11) is 1.84. The highest BCUT2D eigenvalue weighted by Crippen LogP contribution is 2.18. The Morgan fingerprint density at radius 3 is 2.18 bits per heavy atom. The van der Waals surface area contributed by atoms with Gasteiger partial charge in [0.2, 0.25) is 0 Å². The molecule has 0 aliphatic carbocycles. The molecule has 0 unspecified atom stereocenters. The van der Waals surface area contributed by atoms with Gasteiger partial charge in [-0.25, -0.2) is 19.9 Å². The van der Waals surface area contributed by atoms with E-state index in [0.29, 0.717) is 11.6 Å². The number of rotatable bonds is 2. The van der Waals surface area contributed by atoms with Crippen molar-refractivity contribution in [1.82, 2.24) is 19.9 Å². The Morgan fingerprint density at radius 2 is 1.59 bits per heavy atom. The molecule has 0 saturated heterocycles. The first-order valence-corrected chi connectivity index (χ1v) is 5.44. The fraction of sp³-hybridized carbons (Fsp3) is 0.333. The molecule has 0 fully saturated rings. The molecule has 17 heavy (non-hydrogen) atoms. The summed E-state index contributed by atoms with van der Waals surface area (Å²) in [6.45, 7) is 5.89. The zero-order valence-corrected chi connectivity index (χ0v) is 10.4. The second-order valence-corrected chi connectivity index (χ2v) is 3.94. The standard InChI is InChI=1S/C12H15N5/c1-7-5-14-11(15-6-7)12-16-9(3)8(2)10(13-4)17-12/h5-6H,1-4H3,(H,13,16,17). The fourth-order valence-electron chi connectivity index (χ4n) is 1.48. The quantitative estimate of drug-likeness (QED) is 0.852. The molecule has 0 bridgehead atoms. The van der Waals surface area contributed by atoms with Crippen molar-refractivity contribution in [2.75, 3.05) is 12.4 Å². The van der Waals surface area contributed by atoms with E-state index in [1.807, 2.05) is 27.8 Å². The number of hydrogen-bond acceptors (Lipinski definition) is 5. The van der Waals surface area contributed by atoms with E-state index in [1.165, 1.54) is 0 Å². The molecule has 2 rings (SSSR count). The summed E-state index contributed by atoms with van der Waals surface area (Å²) >= 11 is 0. The van der Waals surface area contributed by atoms with Crippen molar-refractivity contribution in [3.63, 3.8) is 0 Å². The summed E-state index contributed by atoms with van der Waals surface area (Å²) in [5, 5.41) is 3.05. The molecule has 0 saturated carbocycles. The van der Waals surface area contributed by atoms with Crippen LogP contribution in [0.1, 0.15) is 16.8 Å². The first kappa shape index (κ1) is 11.4. The van der Waals surface area contributed by atoms with E-state index in [1.54, 1.807) is 12.4 Å². The predicted molar refractivity (Wildman–Crippen MR) is 66.8 cm³/mol. The van der Waals surface area contributed by atoms with Crippen LogP contribution in [0.15, 0.2) is 12.4 Å². The summed E-state index contributed by atoms with van der Waals surface area (Å²) < 4.78 is 0. The van der Waals surface area contributed by atoms with Crippen molar-refractivity contribution >= 4 is 5.82 Å². The van der Waals surface area contributed by atoms with Crippen LogP contribution < -0.4 is 5.32 Å². The SMILES string of the molecule is CNc1nc(-c2ncc(C)cn2)nc(C)c1C. The van der Waals surface area contributed by atoms with E-state index in [0.717, 1.165) is 22.6 Å². The Morgan fingerprint density at radius 1 is 0.941 bits per heavy atom. The molecule has 0 amide bonds. The third-order valence-corrected chi connectivity index (χ3v) is 2.61. The number of aryl methyl sites for hydroxylation is 2. The van der Waals surface area contributed by atoms with Gasteiger partial charge in [0.15, 0.2) is 11.6 Å². The normalized spacial score (nSPS) is 10.4. The van der Waals surface area contributed by atoms with Gasteiger partial charge in [0.25, 0.3) is 0 Å². The van der Waals surface area contributed by atoms with E-state index in [2.05, 4.69) is 25.3 Å². The molecular weight excluding hydrogens is 214 g/mol. The summed E-state index contributed by atoms with van der Waals surface area (Å²) in [5.74, 6) is 1.92. The summed E-state index contributed by atoms with van der Waals surface area (Å²) in [4.78, 5) is 17.3. The lowest BCUT2D eigenvalue weighted by Gasteiger charge is -2.08. The van der Waals surface area contributed by atoms with Gasteiger partial charge >= 0.3 is 0 Å². The van der Waals surface area contributed by atoms with Crippen LogP contribution in [-0.2, 0) is 0 Å². The Balaban J connectivity index is 2.52. The van der Waals surface area contributed by atoms with E-state index < -0.39 is 0 Å². The van der Waals surface area contributed by atoms with Crippen LogP contribution in [0.25, 0.3) is 11.6 Å². The van der Waals surface area contributed by atoms with Gasteiger partial charge in [0.05, 0.1) is 0 Å². The number of aromatic nitrogens is 4. The van der Waals surface area contributed by atoms with Gasteiger partial charge in [-0.05, 0) is 26.3 Å². The monoisotopic (exact) mass is 229 g/mol. The van der Waals surface area contributed by atoms with E-state index in [9.17, 15) is 0 Å². The molecule has 0 aliphatic heterocycles. The highest BCUT2D eigenvalue weighted by Gasteiger charge is 2.10. The van der Waals surface area contributed by atoms with Crippen molar-refractivity contribution in [3.05, 3.63) is 29.2 Å². The average molecular weight is 229 g/mol. The molecular formula is C12H15N5. The third-order valence-electron chi connectivity index (χ3n) is 2.61. The maximum atomic E-state index is 4.41. The molecule has 0 atom stereocenters. The van der Waals surface area contributed by atoms with E-state index in [4.69, 9.17) is 0 Å². The minimum Gasteiger partial charge on any atom is -0.373 e.